The number of benzene rings is 1. The van der Waals surface area contributed by atoms with Crippen LogP contribution in [0.1, 0.15) is 72.0 Å². The Labute approximate surface area is 283 Å². The minimum absolute atomic E-state index is 0. The molecule has 3 aliphatic heterocycles. The van der Waals surface area contributed by atoms with Crippen molar-refractivity contribution < 1.29 is 33.4 Å². The molecule has 15 heteroatoms. The average molecular weight is 688 g/mol. The van der Waals surface area contributed by atoms with Gasteiger partial charge >= 0.3 is 5.97 Å². The fraction of sp³-hybridized carbons (Fsp3) is 0.469. The average Bonchev–Trinajstić information content (AvgIpc) is 3.66. The van der Waals surface area contributed by atoms with Gasteiger partial charge in [-0.05, 0) is 61.8 Å². The summed E-state index contributed by atoms with van der Waals surface area (Å²) in [4.78, 5) is 58.2. The van der Waals surface area contributed by atoms with Gasteiger partial charge in [0.15, 0.2) is 5.60 Å². The second-order valence-electron chi connectivity index (χ2n) is 12.2. The number of nitrogens with two attached hydrogens (primary N) is 1. The Morgan fingerprint density at radius 3 is 2.70 bits per heavy atom. The van der Waals surface area contributed by atoms with Gasteiger partial charge in [0.1, 0.15) is 25.3 Å². The molecule has 4 aliphatic rings. The highest BCUT2D eigenvalue weighted by Crippen LogP contribution is 2.46. The SMILES string of the molecule is CC[C@@]1(O)C(=O)OCc2c1cc1n(c2=O)Cc2c-1nc1cc(F)c(C)c3c1c2[C@@H](NC(=O)COC1CCCN1C(=O)CN)CC3.S.S. The summed E-state index contributed by atoms with van der Waals surface area (Å²) in [6.45, 7) is 3.37. The molecule has 0 radical (unpaired) electrons. The predicted octanol–water partition coefficient (Wildman–Crippen LogP) is 1.78. The number of hydrogen-bond donors (Lipinski definition) is 3. The van der Waals surface area contributed by atoms with E-state index in [-0.39, 0.29) is 82.7 Å². The number of hydrogen-bond acceptors (Lipinski definition) is 9. The molecule has 1 unspecified atom stereocenters. The second kappa shape index (κ2) is 12.8. The number of likely N-dealkylation sites (tertiary alicyclic amines) is 1. The summed E-state index contributed by atoms with van der Waals surface area (Å²) in [5, 5.41) is 15.1. The summed E-state index contributed by atoms with van der Waals surface area (Å²) in [5.74, 6) is -1.82. The number of aliphatic hydroxyl groups is 1. The number of aromatic nitrogens is 2. The number of ether oxygens (including phenoxy) is 2. The normalized spacial score (nSPS) is 22.1. The van der Waals surface area contributed by atoms with Crippen LogP contribution >= 0.6 is 27.0 Å². The van der Waals surface area contributed by atoms with E-state index in [0.717, 1.165) is 22.9 Å². The molecular formula is C32H38FN5O7S2. The van der Waals surface area contributed by atoms with Crippen molar-refractivity contribution in [1.29, 1.82) is 0 Å². The monoisotopic (exact) mass is 687 g/mol. The lowest BCUT2D eigenvalue weighted by molar-refractivity contribution is -0.172. The number of cyclic esters (lactones) is 1. The molecule has 252 valence electrons. The number of rotatable bonds is 6. The molecule has 0 bridgehead atoms. The Balaban J connectivity index is 0.00000217. The zero-order valence-electron chi connectivity index (χ0n) is 26.1. The molecule has 12 nitrogen and oxygen atoms in total. The highest BCUT2D eigenvalue weighted by Gasteiger charge is 2.46. The fourth-order valence-electron chi connectivity index (χ4n) is 7.42. The van der Waals surface area contributed by atoms with Crippen molar-refractivity contribution in [3.8, 4) is 11.4 Å². The largest absolute Gasteiger partial charge is 0.458 e. The van der Waals surface area contributed by atoms with Crippen molar-refractivity contribution >= 4 is 55.7 Å². The van der Waals surface area contributed by atoms with Crippen LogP contribution in [0.25, 0.3) is 22.3 Å². The Bertz CT molecular complexity index is 1890. The molecule has 2 aromatic heterocycles. The van der Waals surface area contributed by atoms with Crippen LogP contribution in [-0.4, -0.2) is 63.3 Å². The lowest BCUT2D eigenvalue weighted by Crippen LogP contribution is -2.44. The smallest absolute Gasteiger partial charge is 0.343 e. The third kappa shape index (κ3) is 5.32. The zero-order chi connectivity index (χ0) is 31.8. The van der Waals surface area contributed by atoms with E-state index in [1.807, 2.05) is 0 Å². The lowest BCUT2D eigenvalue weighted by Gasteiger charge is -2.31. The predicted molar refractivity (Wildman–Crippen MR) is 179 cm³/mol. The van der Waals surface area contributed by atoms with E-state index in [1.54, 1.807) is 24.8 Å². The number of fused-ring (bicyclic) bond motifs is 5. The molecular weight excluding hydrogens is 650 g/mol. The van der Waals surface area contributed by atoms with Gasteiger partial charge in [0.25, 0.3) is 5.56 Å². The van der Waals surface area contributed by atoms with Gasteiger partial charge in [-0.15, -0.1) is 0 Å². The quantitative estimate of drug-likeness (QED) is 0.256. The maximum absolute atomic E-state index is 15.1. The van der Waals surface area contributed by atoms with Crippen LogP contribution in [0.2, 0.25) is 0 Å². The summed E-state index contributed by atoms with van der Waals surface area (Å²) < 4.78 is 27.7. The first-order valence-corrected chi connectivity index (χ1v) is 15.3. The highest BCUT2D eigenvalue weighted by atomic mass is 32.1. The molecule has 2 amide bonds. The number of aryl methyl sites for hydroxylation is 1. The number of carbonyl (C=O) groups is 3. The summed E-state index contributed by atoms with van der Waals surface area (Å²) in [6.07, 6.45) is 1.84. The number of amides is 2. The number of pyridine rings is 2. The molecule has 0 spiro atoms. The summed E-state index contributed by atoms with van der Waals surface area (Å²) in [6, 6.07) is 2.50. The molecule has 4 N–H and O–H groups in total. The first-order valence-electron chi connectivity index (χ1n) is 15.3. The first-order chi connectivity index (χ1) is 21.6. The summed E-state index contributed by atoms with van der Waals surface area (Å²) in [5.41, 5.74) is 7.54. The molecule has 1 saturated heterocycles. The van der Waals surface area contributed by atoms with Crippen LogP contribution in [0.15, 0.2) is 16.9 Å². The van der Waals surface area contributed by atoms with Gasteiger partial charge in [-0.1, -0.05) is 6.92 Å². The van der Waals surface area contributed by atoms with Crippen molar-refractivity contribution in [2.75, 3.05) is 19.7 Å². The van der Waals surface area contributed by atoms with Gasteiger partial charge in [-0.3, -0.25) is 14.4 Å². The summed E-state index contributed by atoms with van der Waals surface area (Å²) >= 11 is 0. The fourth-order valence-corrected chi connectivity index (χ4v) is 7.42. The Morgan fingerprint density at radius 1 is 1.21 bits per heavy atom. The van der Waals surface area contributed by atoms with E-state index >= 15 is 4.39 Å². The van der Waals surface area contributed by atoms with Gasteiger partial charge in [-0.25, -0.2) is 14.2 Å². The van der Waals surface area contributed by atoms with Crippen molar-refractivity contribution in [3.63, 3.8) is 0 Å². The molecule has 0 saturated carbocycles. The van der Waals surface area contributed by atoms with Crippen molar-refractivity contribution in [1.82, 2.24) is 19.8 Å². The molecule has 3 aromatic rings. The number of carbonyl (C=O) groups excluding carboxylic acids is 3. The Hall–Kier alpha value is -3.50. The topological polar surface area (TPSA) is 166 Å². The molecule has 7 rings (SSSR count). The van der Waals surface area contributed by atoms with Crippen molar-refractivity contribution in [2.24, 2.45) is 5.73 Å². The van der Waals surface area contributed by atoms with Crippen LogP contribution in [0, 0.1) is 12.7 Å². The lowest BCUT2D eigenvalue weighted by atomic mass is 9.81. The number of nitrogens with one attached hydrogen (secondary N) is 1. The molecule has 1 aliphatic carbocycles. The molecule has 5 heterocycles. The zero-order valence-corrected chi connectivity index (χ0v) is 28.1. The third-order valence-electron chi connectivity index (χ3n) is 9.81. The maximum Gasteiger partial charge on any atom is 0.343 e. The number of esters is 1. The number of halogens is 1. The van der Waals surface area contributed by atoms with Gasteiger partial charge in [0, 0.05) is 29.1 Å². The molecule has 3 atom stereocenters. The standard InChI is InChI=1S/C32H34FN5O7.2H2S/c1-3-32(43)19-9-23-29-17(12-38(23)30(41)18(19)13-45-31(32)42)28-21(7-6-16-15(2)20(33)10-22(36-29)27(16)28)35-24(39)14-44-26-5-4-8-37(26)25(40)11-34;;/h9-10,21,26,43H,3-8,11-14,34H2,1-2H3,(H,35,39);2*1H2/t21-,26?,32-;;/m0../s1. The van der Waals surface area contributed by atoms with Crippen LogP contribution in [0.4, 0.5) is 4.39 Å². The Kier molecular flexibility index (Phi) is 9.51. The van der Waals surface area contributed by atoms with E-state index in [2.05, 4.69) is 5.32 Å². The maximum atomic E-state index is 15.1. The van der Waals surface area contributed by atoms with Crippen LogP contribution in [0.5, 0.6) is 0 Å². The highest BCUT2D eigenvalue weighted by molar-refractivity contribution is 7.59. The summed E-state index contributed by atoms with van der Waals surface area (Å²) in [7, 11) is 0. The molecule has 1 fully saturated rings. The van der Waals surface area contributed by atoms with Crippen molar-refractivity contribution in [3.05, 3.63) is 61.7 Å². The van der Waals surface area contributed by atoms with E-state index in [0.29, 0.717) is 53.8 Å². The molecule has 47 heavy (non-hydrogen) atoms. The van der Waals surface area contributed by atoms with Crippen molar-refractivity contribution in [2.45, 2.75) is 77.0 Å². The minimum Gasteiger partial charge on any atom is -0.458 e. The van der Waals surface area contributed by atoms with E-state index in [9.17, 15) is 24.3 Å². The van der Waals surface area contributed by atoms with E-state index < -0.39 is 35.2 Å². The van der Waals surface area contributed by atoms with Crippen LogP contribution in [0.3, 0.4) is 0 Å². The third-order valence-corrected chi connectivity index (χ3v) is 9.81. The van der Waals surface area contributed by atoms with Crippen LogP contribution in [-0.2, 0) is 49.0 Å². The van der Waals surface area contributed by atoms with Gasteiger partial charge in [-0.2, -0.15) is 27.0 Å². The number of nitrogens with zero attached hydrogens (tertiary/aromatic N) is 3. The molecule has 1 aromatic carbocycles. The van der Waals surface area contributed by atoms with Gasteiger partial charge in [0.2, 0.25) is 11.8 Å². The Morgan fingerprint density at radius 2 is 1.98 bits per heavy atom. The second-order valence-corrected chi connectivity index (χ2v) is 12.2. The van der Waals surface area contributed by atoms with Crippen LogP contribution < -0.4 is 16.6 Å². The first kappa shape index (κ1) is 34.8. The van der Waals surface area contributed by atoms with Gasteiger partial charge < -0.3 is 35.1 Å². The van der Waals surface area contributed by atoms with Gasteiger partial charge in [0.05, 0.1) is 41.6 Å². The van der Waals surface area contributed by atoms with E-state index in [4.69, 9.17) is 20.2 Å². The minimum atomic E-state index is -1.98. The van der Waals surface area contributed by atoms with E-state index in [1.165, 1.54) is 10.6 Å².